The third-order valence-electron chi connectivity index (χ3n) is 8.36. The Hall–Kier alpha value is -5.23. The summed E-state index contributed by atoms with van der Waals surface area (Å²) in [7, 11) is -9.27. The molecule has 3 aromatic carbocycles. The summed E-state index contributed by atoms with van der Waals surface area (Å²) in [6.07, 6.45) is 1.19. The average Bonchev–Trinajstić information content (AvgIpc) is 3.36. The van der Waals surface area contributed by atoms with Crippen molar-refractivity contribution in [2.75, 3.05) is 0 Å². The molecule has 0 atom stereocenters. The van der Waals surface area contributed by atoms with Crippen LogP contribution in [0.15, 0.2) is 80.0 Å². The second kappa shape index (κ2) is 12.3. The average molecular weight is 712 g/mol. The smallest absolute Gasteiger partial charge is 0.333 e. The molecule has 3 aromatic heterocycles. The number of unbranched alkanes of at least 4 members (excludes halogenated alkanes) is 2. The zero-order valence-electron chi connectivity index (χ0n) is 25.7. The molecule has 0 aliphatic rings. The third-order valence-corrected chi connectivity index (χ3v) is 10.1. The van der Waals surface area contributed by atoms with Crippen molar-refractivity contribution in [2.24, 2.45) is 0 Å². The SMILES string of the molecule is CCn1c2ccc(S(=O)(=O)O)cc2c(=O)c2cc3c(cc21)c(=O)c1cc(S(=O)(=O)O)ccc1n3CCCCCC(=O)On1c(O)ccc1O. The molecule has 6 rings (SSSR count). The molecule has 0 aliphatic carbocycles. The second-order valence-corrected chi connectivity index (χ2v) is 14.2. The summed E-state index contributed by atoms with van der Waals surface area (Å²) in [4.78, 5) is 44.1. The number of benzene rings is 3. The normalized spacial score (nSPS) is 12.4. The van der Waals surface area contributed by atoms with Crippen LogP contribution in [0.1, 0.15) is 32.6 Å². The van der Waals surface area contributed by atoms with E-state index in [0.29, 0.717) is 52.6 Å². The Morgan fingerprint density at radius 2 is 1.12 bits per heavy atom. The molecule has 15 nitrogen and oxygen atoms in total. The van der Waals surface area contributed by atoms with Gasteiger partial charge in [-0.2, -0.15) is 16.8 Å². The van der Waals surface area contributed by atoms with Crippen LogP contribution in [-0.2, 0) is 38.1 Å². The van der Waals surface area contributed by atoms with Crippen molar-refractivity contribution in [1.82, 2.24) is 13.9 Å². The number of nitrogens with zero attached hydrogens (tertiary/aromatic N) is 3. The molecule has 256 valence electrons. The van der Waals surface area contributed by atoms with Crippen LogP contribution in [0.4, 0.5) is 0 Å². The second-order valence-electron chi connectivity index (χ2n) is 11.4. The number of hydrogen-bond acceptors (Lipinski definition) is 10. The van der Waals surface area contributed by atoms with E-state index in [0.717, 1.165) is 30.3 Å². The number of fused-ring (bicyclic) bond motifs is 4. The van der Waals surface area contributed by atoms with E-state index in [2.05, 4.69) is 0 Å². The Labute approximate surface area is 277 Å². The highest BCUT2D eigenvalue weighted by atomic mass is 32.2. The molecule has 0 aliphatic heterocycles. The minimum Gasteiger partial charge on any atom is -0.492 e. The number of hydrogen-bond donors (Lipinski definition) is 4. The van der Waals surface area contributed by atoms with Gasteiger partial charge in [-0.3, -0.25) is 18.7 Å². The quantitative estimate of drug-likeness (QED) is 0.0909. The van der Waals surface area contributed by atoms with Gasteiger partial charge in [-0.05, 0) is 68.3 Å². The summed E-state index contributed by atoms with van der Waals surface area (Å²) in [5.74, 6) is -1.61. The minimum absolute atomic E-state index is 0.000805. The monoisotopic (exact) mass is 711 g/mol. The molecule has 0 amide bonds. The summed E-state index contributed by atoms with van der Waals surface area (Å²) in [6, 6.07) is 12.6. The van der Waals surface area contributed by atoms with Crippen LogP contribution < -0.4 is 15.7 Å². The van der Waals surface area contributed by atoms with E-state index < -0.39 is 58.6 Å². The van der Waals surface area contributed by atoms with Gasteiger partial charge in [-0.15, -0.1) is 4.73 Å². The zero-order chi connectivity index (χ0) is 35.4. The van der Waals surface area contributed by atoms with Crippen LogP contribution in [0.5, 0.6) is 11.8 Å². The summed E-state index contributed by atoms with van der Waals surface area (Å²) >= 11 is 0. The molecule has 0 spiro atoms. The van der Waals surface area contributed by atoms with Crippen molar-refractivity contribution in [3.05, 3.63) is 81.1 Å². The molecule has 0 saturated carbocycles. The molecule has 49 heavy (non-hydrogen) atoms. The van der Waals surface area contributed by atoms with Crippen molar-refractivity contribution < 1.29 is 45.8 Å². The number of pyridine rings is 2. The molecule has 0 saturated heterocycles. The summed E-state index contributed by atoms with van der Waals surface area (Å²) in [5.41, 5.74) is 0.271. The van der Waals surface area contributed by atoms with Gasteiger partial charge in [0.15, 0.2) is 10.9 Å². The van der Waals surface area contributed by atoms with Crippen LogP contribution in [0.2, 0.25) is 0 Å². The van der Waals surface area contributed by atoms with E-state index in [1.54, 1.807) is 16.1 Å². The van der Waals surface area contributed by atoms with Gasteiger partial charge < -0.3 is 24.2 Å². The van der Waals surface area contributed by atoms with Crippen molar-refractivity contribution in [3.63, 3.8) is 0 Å². The largest absolute Gasteiger partial charge is 0.492 e. The first-order chi connectivity index (χ1) is 23.1. The fourth-order valence-electron chi connectivity index (χ4n) is 6.06. The highest BCUT2D eigenvalue weighted by molar-refractivity contribution is 7.86. The van der Waals surface area contributed by atoms with Crippen molar-refractivity contribution in [1.29, 1.82) is 0 Å². The number of carbonyl (C=O) groups excluding carboxylic acids is 1. The predicted molar refractivity (Wildman–Crippen MR) is 178 cm³/mol. The summed E-state index contributed by atoms with van der Waals surface area (Å²) in [6.45, 7) is 2.34. The Kier molecular flexibility index (Phi) is 8.48. The van der Waals surface area contributed by atoms with Crippen LogP contribution in [0.3, 0.4) is 0 Å². The first kappa shape index (κ1) is 33.7. The van der Waals surface area contributed by atoms with Gasteiger partial charge in [0.05, 0.1) is 31.9 Å². The number of carbonyl (C=O) groups is 1. The van der Waals surface area contributed by atoms with Crippen molar-refractivity contribution in [2.45, 2.75) is 55.5 Å². The first-order valence-electron chi connectivity index (χ1n) is 15.0. The molecule has 3 heterocycles. The van der Waals surface area contributed by atoms with Gasteiger partial charge in [0.2, 0.25) is 11.8 Å². The van der Waals surface area contributed by atoms with Crippen LogP contribution in [0, 0.1) is 0 Å². The van der Waals surface area contributed by atoms with E-state index in [-0.39, 0.29) is 34.5 Å². The van der Waals surface area contributed by atoms with Crippen LogP contribution >= 0.6 is 0 Å². The van der Waals surface area contributed by atoms with Gasteiger partial charge in [0, 0.05) is 53.2 Å². The van der Waals surface area contributed by atoms with Crippen LogP contribution in [0.25, 0.3) is 43.6 Å². The number of aryl methyl sites for hydroxylation is 2. The first-order valence-corrected chi connectivity index (χ1v) is 17.8. The Balaban J connectivity index is 1.46. The maximum atomic E-state index is 13.9. The Morgan fingerprint density at radius 3 is 1.61 bits per heavy atom. The van der Waals surface area contributed by atoms with E-state index in [1.165, 1.54) is 30.3 Å². The molecule has 0 unspecified atom stereocenters. The number of aromatic hydroxyl groups is 2. The fraction of sp³-hybridized carbons (Fsp3) is 0.219. The maximum absolute atomic E-state index is 13.9. The maximum Gasteiger partial charge on any atom is 0.333 e. The van der Waals surface area contributed by atoms with Gasteiger partial charge in [0.1, 0.15) is 0 Å². The van der Waals surface area contributed by atoms with E-state index in [4.69, 9.17) is 4.84 Å². The van der Waals surface area contributed by atoms with Crippen molar-refractivity contribution >= 4 is 69.8 Å². The Morgan fingerprint density at radius 1 is 0.653 bits per heavy atom. The van der Waals surface area contributed by atoms with Crippen molar-refractivity contribution in [3.8, 4) is 11.8 Å². The lowest BCUT2D eigenvalue weighted by Crippen LogP contribution is -2.18. The van der Waals surface area contributed by atoms with Gasteiger partial charge >= 0.3 is 5.97 Å². The Bertz CT molecular complexity index is 2670. The summed E-state index contributed by atoms with van der Waals surface area (Å²) < 4.78 is 71.0. The van der Waals surface area contributed by atoms with E-state index in [1.807, 2.05) is 0 Å². The van der Waals surface area contributed by atoms with E-state index >= 15 is 0 Å². The highest BCUT2D eigenvalue weighted by Crippen LogP contribution is 2.29. The number of aromatic nitrogens is 3. The molecule has 0 bridgehead atoms. The summed E-state index contributed by atoms with van der Waals surface area (Å²) in [5, 5.41) is 19.7. The lowest BCUT2D eigenvalue weighted by molar-refractivity contribution is -0.145. The molecular weight excluding hydrogens is 682 g/mol. The fourth-order valence-corrected chi connectivity index (χ4v) is 7.08. The molecular formula is C32H29N3O12S2. The lowest BCUT2D eigenvalue weighted by Gasteiger charge is -2.19. The molecule has 0 fully saturated rings. The van der Waals surface area contributed by atoms with Gasteiger partial charge in [-0.1, -0.05) is 6.42 Å². The minimum atomic E-state index is -4.65. The highest BCUT2D eigenvalue weighted by Gasteiger charge is 2.20. The number of rotatable bonds is 10. The van der Waals surface area contributed by atoms with Crippen LogP contribution in [-0.4, -0.2) is 56.0 Å². The standard InChI is InChI=1S/C32H29N3O12S2/c1-2-33-24-9-7-18(48(41,42)43)14-20(24)31(39)22-17-27-23(16-26(22)33)32(40)21-15-19(49(44,45)46)8-10-25(21)34(27)13-5-3-4-6-30(38)47-35-28(36)11-12-29(35)37/h7-12,14-17,36-37H,2-6,13H2,1H3,(H,41,42,43)(H,44,45,46). The molecule has 17 heteroatoms. The predicted octanol–water partition coefficient (Wildman–Crippen LogP) is 3.56. The lowest BCUT2D eigenvalue weighted by atomic mass is 10.0. The third kappa shape index (κ3) is 6.12. The van der Waals surface area contributed by atoms with Gasteiger partial charge in [0.25, 0.3) is 20.2 Å². The van der Waals surface area contributed by atoms with Gasteiger partial charge in [-0.25, -0.2) is 4.79 Å². The molecule has 4 N–H and O–H groups in total. The van der Waals surface area contributed by atoms with E-state index in [9.17, 15) is 50.5 Å². The molecule has 0 radical (unpaired) electrons. The topological polar surface area (TPSA) is 224 Å². The zero-order valence-corrected chi connectivity index (χ0v) is 27.4. The molecule has 6 aromatic rings.